The lowest BCUT2D eigenvalue weighted by Crippen LogP contribution is -2.24. The van der Waals surface area contributed by atoms with Crippen LogP contribution in [0.15, 0.2) is 0 Å². The van der Waals surface area contributed by atoms with E-state index in [9.17, 15) is 4.79 Å². The van der Waals surface area contributed by atoms with Gasteiger partial charge in [0.05, 0.1) is 65.9 Å². The zero-order valence-corrected chi connectivity index (χ0v) is 26.6. The van der Waals surface area contributed by atoms with Gasteiger partial charge in [-0.2, -0.15) is 9.59 Å². The van der Waals surface area contributed by atoms with Crippen molar-refractivity contribution in [2.24, 2.45) is 0 Å². The Morgan fingerprint density at radius 1 is 0.805 bits per heavy atom. The van der Waals surface area contributed by atoms with Gasteiger partial charge in [0, 0.05) is 25.2 Å². The Hall–Kier alpha value is -0.990. The number of alkyl halides is 1. The third-order valence-corrected chi connectivity index (χ3v) is 5.59. The van der Waals surface area contributed by atoms with Gasteiger partial charge in [0.2, 0.25) is 0 Å². The number of esters is 1. The quantitative estimate of drug-likeness (QED) is 0.123. The number of carbonyl (C=O) groups is 1. The molecule has 2 rings (SSSR count). The van der Waals surface area contributed by atoms with Crippen LogP contribution in [0.3, 0.4) is 0 Å². The molecular formula is C28H53BrO12. The van der Waals surface area contributed by atoms with Crippen LogP contribution in [0.5, 0.6) is 0 Å². The van der Waals surface area contributed by atoms with E-state index < -0.39 is 0 Å². The van der Waals surface area contributed by atoms with Gasteiger partial charge < -0.3 is 43.0 Å². The first-order valence-electron chi connectivity index (χ1n) is 14.6. The smallest absolute Gasteiger partial charge is 0.373 e. The number of ether oxygens (including phenoxy) is 8. The molecule has 1 N–H and O–H groups in total. The molecule has 0 saturated carbocycles. The van der Waals surface area contributed by atoms with E-state index in [4.69, 9.17) is 47.9 Å². The summed E-state index contributed by atoms with van der Waals surface area (Å²) in [5.74, 6) is -0.135. The third-order valence-electron chi connectivity index (χ3n) is 5.19. The molecule has 41 heavy (non-hydrogen) atoms. The van der Waals surface area contributed by atoms with Crippen molar-refractivity contribution in [2.75, 3.05) is 84.6 Å². The number of hydrogen-bond acceptors (Lipinski definition) is 12. The first-order chi connectivity index (χ1) is 20.1. The average Bonchev–Trinajstić information content (AvgIpc) is 2.99. The van der Waals surface area contributed by atoms with Gasteiger partial charge in [-0.25, -0.2) is 0 Å². The summed E-state index contributed by atoms with van der Waals surface area (Å²) < 4.78 is 42.2. The Labute approximate surface area is 254 Å². The van der Waals surface area contributed by atoms with E-state index in [0.717, 1.165) is 51.9 Å². The molecule has 12 nitrogen and oxygen atoms in total. The SMILES string of the molecule is CCCCOCCOCCOC1CCCCO1.CCOC(=O)CCBr.O=C=O.OCCOCCOC1CCCCO1. The number of halogens is 1. The Bertz CT molecular complexity index is 544. The van der Waals surface area contributed by atoms with Crippen LogP contribution in [0.2, 0.25) is 0 Å². The molecule has 0 aromatic heterocycles. The lowest BCUT2D eigenvalue weighted by Gasteiger charge is -2.22. The van der Waals surface area contributed by atoms with E-state index in [2.05, 4.69) is 27.6 Å². The standard InChI is InChI=1S/C13H26O4.C9H18O4.C5H9BrO2.CO2/c1-2-3-7-14-9-10-15-11-12-17-13-6-4-5-8-16-13;10-4-6-11-7-8-13-9-3-1-2-5-12-9;1-2-8-5(7)3-4-6;2-1-3/h13H,2-12H2,1H3;9-10H,1-8H2;2-4H2,1H3;. The fourth-order valence-electron chi connectivity index (χ4n) is 3.21. The highest BCUT2D eigenvalue weighted by atomic mass is 79.9. The predicted octanol–water partition coefficient (Wildman–Crippen LogP) is 3.65. The largest absolute Gasteiger partial charge is 0.466 e. The second kappa shape index (κ2) is 37.0. The highest BCUT2D eigenvalue weighted by Gasteiger charge is 2.14. The molecule has 2 atom stereocenters. The Balaban J connectivity index is 0. The lowest BCUT2D eigenvalue weighted by atomic mass is 10.2. The summed E-state index contributed by atoms with van der Waals surface area (Å²) in [6.07, 6.45) is 9.66. The minimum Gasteiger partial charge on any atom is -0.466 e. The highest BCUT2D eigenvalue weighted by molar-refractivity contribution is 9.09. The van der Waals surface area contributed by atoms with Crippen molar-refractivity contribution in [1.29, 1.82) is 0 Å². The molecule has 0 aromatic carbocycles. The van der Waals surface area contributed by atoms with Gasteiger partial charge in [0.1, 0.15) is 0 Å². The van der Waals surface area contributed by atoms with Crippen LogP contribution >= 0.6 is 15.9 Å². The van der Waals surface area contributed by atoms with Crippen molar-refractivity contribution in [1.82, 2.24) is 0 Å². The van der Waals surface area contributed by atoms with Crippen LogP contribution in [0, 0.1) is 0 Å². The van der Waals surface area contributed by atoms with Crippen LogP contribution in [0.25, 0.3) is 0 Å². The van der Waals surface area contributed by atoms with Crippen molar-refractivity contribution in [2.45, 2.75) is 84.2 Å². The van der Waals surface area contributed by atoms with Crippen LogP contribution in [-0.2, 0) is 52.3 Å². The van der Waals surface area contributed by atoms with Crippen molar-refractivity contribution in [3.63, 3.8) is 0 Å². The number of carbonyl (C=O) groups excluding carboxylic acids is 3. The molecule has 0 amide bonds. The van der Waals surface area contributed by atoms with E-state index in [-0.39, 0.29) is 31.3 Å². The zero-order chi connectivity index (χ0) is 30.7. The first kappa shape index (κ1) is 42.1. The van der Waals surface area contributed by atoms with Crippen LogP contribution in [0.1, 0.15) is 71.6 Å². The average molecular weight is 662 g/mol. The summed E-state index contributed by atoms with van der Waals surface area (Å²) in [6, 6.07) is 0. The number of rotatable bonds is 19. The van der Waals surface area contributed by atoms with Gasteiger partial charge in [-0.1, -0.05) is 29.3 Å². The summed E-state index contributed by atoms with van der Waals surface area (Å²) in [6.45, 7) is 11.0. The van der Waals surface area contributed by atoms with Crippen LogP contribution < -0.4 is 0 Å². The molecular weight excluding hydrogens is 608 g/mol. The molecule has 0 aliphatic carbocycles. The monoisotopic (exact) mass is 660 g/mol. The van der Waals surface area contributed by atoms with Gasteiger partial charge >= 0.3 is 12.1 Å². The molecule has 244 valence electrons. The highest BCUT2D eigenvalue weighted by Crippen LogP contribution is 2.14. The van der Waals surface area contributed by atoms with E-state index in [1.54, 1.807) is 6.92 Å². The Kier molecular flexibility index (Phi) is 38.1. The predicted molar refractivity (Wildman–Crippen MR) is 154 cm³/mol. The summed E-state index contributed by atoms with van der Waals surface area (Å²) in [4.78, 5) is 26.6. The number of unbranched alkanes of at least 4 members (excludes halogenated alkanes) is 1. The fourth-order valence-corrected chi connectivity index (χ4v) is 3.53. The number of aliphatic hydroxyl groups excluding tert-OH is 1. The normalized spacial score (nSPS) is 17.9. The van der Waals surface area contributed by atoms with Crippen molar-refractivity contribution in [3.8, 4) is 0 Å². The summed E-state index contributed by atoms with van der Waals surface area (Å²) in [7, 11) is 0. The van der Waals surface area contributed by atoms with E-state index in [1.165, 1.54) is 19.3 Å². The van der Waals surface area contributed by atoms with Gasteiger partial charge in [0.15, 0.2) is 12.6 Å². The Morgan fingerprint density at radius 2 is 1.29 bits per heavy atom. The summed E-state index contributed by atoms with van der Waals surface area (Å²) in [5.41, 5.74) is 0. The Morgan fingerprint density at radius 3 is 1.71 bits per heavy atom. The van der Waals surface area contributed by atoms with E-state index in [0.29, 0.717) is 64.6 Å². The summed E-state index contributed by atoms with van der Waals surface area (Å²) in [5, 5.41) is 9.11. The summed E-state index contributed by atoms with van der Waals surface area (Å²) >= 11 is 3.12. The topological polar surface area (TPSA) is 145 Å². The lowest BCUT2D eigenvalue weighted by molar-refractivity contribution is -0.191. The van der Waals surface area contributed by atoms with Crippen LogP contribution in [-0.4, -0.2) is 114 Å². The molecule has 0 radical (unpaired) electrons. The third kappa shape index (κ3) is 35.1. The van der Waals surface area contributed by atoms with Crippen molar-refractivity contribution >= 4 is 28.1 Å². The molecule has 2 unspecified atom stereocenters. The first-order valence-corrected chi connectivity index (χ1v) is 15.7. The van der Waals surface area contributed by atoms with Gasteiger partial charge in [-0.05, 0) is 51.9 Å². The molecule has 2 fully saturated rings. The zero-order valence-electron chi connectivity index (χ0n) is 25.0. The minimum absolute atomic E-state index is 0.00634. The number of aliphatic hydroxyl groups is 1. The molecule has 0 bridgehead atoms. The molecule has 2 aliphatic rings. The minimum atomic E-state index is -0.135. The number of hydrogen-bond donors (Lipinski definition) is 1. The van der Waals surface area contributed by atoms with Crippen molar-refractivity contribution < 1.29 is 57.4 Å². The second-order valence-electron chi connectivity index (χ2n) is 8.58. The maximum atomic E-state index is 10.4. The molecule has 2 heterocycles. The maximum Gasteiger partial charge on any atom is 0.373 e. The fraction of sp³-hybridized carbons (Fsp3) is 0.929. The molecule has 2 aliphatic heterocycles. The van der Waals surface area contributed by atoms with Crippen molar-refractivity contribution in [3.05, 3.63) is 0 Å². The van der Waals surface area contributed by atoms with Gasteiger partial charge in [0.25, 0.3) is 0 Å². The molecule has 2 saturated heterocycles. The van der Waals surface area contributed by atoms with Gasteiger partial charge in [-0.15, -0.1) is 0 Å². The molecule has 13 heteroatoms. The van der Waals surface area contributed by atoms with E-state index in [1.807, 2.05) is 0 Å². The van der Waals surface area contributed by atoms with E-state index >= 15 is 0 Å². The molecule has 0 spiro atoms. The van der Waals surface area contributed by atoms with Crippen LogP contribution in [0.4, 0.5) is 0 Å². The van der Waals surface area contributed by atoms with Gasteiger partial charge in [-0.3, -0.25) is 4.79 Å². The maximum absolute atomic E-state index is 10.4. The second-order valence-corrected chi connectivity index (χ2v) is 9.37. The molecule has 0 aromatic rings.